The second-order valence-corrected chi connectivity index (χ2v) is 6.76. The average molecular weight is 389 g/mol. The lowest BCUT2D eigenvalue weighted by molar-refractivity contribution is -0.138. The minimum atomic E-state index is -1.06. The molecule has 1 heterocycles. The van der Waals surface area contributed by atoms with Crippen LogP contribution in [0.15, 0.2) is 89.3 Å². The molecule has 3 rings (SSSR count). The standard InChI is InChI=1S/C24H23NO4/c1-16-20(23(26)27)22(19-13-7-4-8-14-19)21(17(2)25-16)24(28)29-15-9-12-18-10-5-3-6-11-18/h3-14,22,25H,15H2,1-2H3,(H,26,27). The summed E-state index contributed by atoms with van der Waals surface area (Å²) in [6.07, 6.45) is 3.63. The highest BCUT2D eigenvalue weighted by molar-refractivity contribution is 5.99. The zero-order valence-corrected chi connectivity index (χ0v) is 16.4. The van der Waals surface area contributed by atoms with Gasteiger partial charge in [-0.15, -0.1) is 0 Å². The van der Waals surface area contributed by atoms with Crippen LogP contribution in [-0.4, -0.2) is 23.7 Å². The number of hydrogen-bond acceptors (Lipinski definition) is 4. The SMILES string of the molecule is CC1=C(C(=O)O)C(c2ccccc2)C(C(=O)OCC=Cc2ccccc2)=C(C)N1. The lowest BCUT2D eigenvalue weighted by atomic mass is 9.80. The molecule has 0 aliphatic carbocycles. The molecule has 2 N–H and O–H groups in total. The van der Waals surface area contributed by atoms with Gasteiger partial charge < -0.3 is 15.2 Å². The van der Waals surface area contributed by atoms with Crippen LogP contribution >= 0.6 is 0 Å². The van der Waals surface area contributed by atoms with E-state index < -0.39 is 17.9 Å². The van der Waals surface area contributed by atoms with Crippen molar-refractivity contribution >= 4 is 18.0 Å². The van der Waals surface area contributed by atoms with Crippen LogP contribution < -0.4 is 5.32 Å². The van der Waals surface area contributed by atoms with E-state index in [1.54, 1.807) is 19.9 Å². The summed E-state index contributed by atoms with van der Waals surface area (Å²) in [5.41, 5.74) is 3.31. The van der Waals surface area contributed by atoms with Gasteiger partial charge in [0, 0.05) is 11.4 Å². The van der Waals surface area contributed by atoms with Gasteiger partial charge in [0.15, 0.2) is 0 Å². The van der Waals surface area contributed by atoms with E-state index in [1.807, 2.05) is 66.7 Å². The van der Waals surface area contributed by atoms with Crippen molar-refractivity contribution in [2.45, 2.75) is 19.8 Å². The van der Waals surface area contributed by atoms with E-state index in [2.05, 4.69) is 5.32 Å². The van der Waals surface area contributed by atoms with Crippen molar-refractivity contribution < 1.29 is 19.4 Å². The maximum absolute atomic E-state index is 12.9. The number of carbonyl (C=O) groups excluding carboxylic acids is 1. The molecule has 1 atom stereocenters. The first kappa shape index (κ1) is 20.1. The smallest absolute Gasteiger partial charge is 0.337 e. The minimum absolute atomic E-state index is 0.0944. The number of rotatable bonds is 6. The number of nitrogens with one attached hydrogen (secondary N) is 1. The van der Waals surface area contributed by atoms with Gasteiger partial charge in [-0.05, 0) is 31.1 Å². The molecule has 0 spiro atoms. The third kappa shape index (κ3) is 4.63. The molecule has 1 unspecified atom stereocenters. The number of dihydropyridines is 1. The molecule has 1 aliphatic heterocycles. The van der Waals surface area contributed by atoms with E-state index >= 15 is 0 Å². The Balaban J connectivity index is 1.85. The number of ether oxygens (including phenoxy) is 1. The number of aliphatic carboxylic acids is 1. The zero-order valence-electron chi connectivity index (χ0n) is 16.4. The highest BCUT2D eigenvalue weighted by Crippen LogP contribution is 2.38. The third-order valence-corrected chi connectivity index (χ3v) is 4.76. The number of carboxylic acids is 1. The van der Waals surface area contributed by atoms with Crippen molar-refractivity contribution in [2.75, 3.05) is 6.61 Å². The maximum Gasteiger partial charge on any atom is 0.337 e. The predicted octanol–water partition coefficient (Wildman–Crippen LogP) is 4.26. The highest BCUT2D eigenvalue weighted by Gasteiger charge is 2.37. The zero-order chi connectivity index (χ0) is 20.8. The predicted molar refractivity (Wildman–Crippen MR) is 112 cm³/mol. The van der Waals surface area contributed by atoms with Gasteiger partial charge in [0.05, 0.1) is 17.1 Å². The van der Waals surface area contributed by atoms with E-state index in [4.69, 9.17) is 4.74 Å². The van der Waals surface area contributed by atoms with Crippen LogP contribution in [0.1, 0.15) is 30.9 Å². The average Bonchev–Trinajstić information content (AvgIpc) is 2.71. The van der Waals surface area contributed by atoms with Crippen LogP contribution in [0.5, 0.6) is 0 Å². The molecule has 2 aromatic rings. The molecular weight excluding hydrogens is 366 g/mol. The van der Waals surface area contributed by atoms with E-state index in [0.29, 0.717) is 17.0 Å². The lowest BCUT2D eigenvalue weighted by Gasteiger charge is -2.29. The van der Waals surface area contributed by atoms with Crippen molar-refractivity contribution in [1.29, 1.82) is 0 Å². The van der Waals surface area contributed by atoms with Gasteiger partial charge in [-0.3, -0.25) is 0 Å². The molecule has 0 saturated carbocycles. The molecule has 0 aromatic heterocycles. The van der Waals surface area contributed by atoms with Gasteiger partial charge in [0.2, 0.25) is 0 Å². The molecule has 0 saturated heterocycles. The van der Waals surface area contributed by atoms with Crippen LogP contribution in [0.4, 0.5) is 0 Å². The van der Waals surface area contributed by atoms with Crippen LogP contribution in [-0.2, 0) is 14.3 Å². The Morgan fingerprint density at radius 1 is 0.966 bits per heavy atom. The van der Waals surface area contributed by atoms with Gasteiger partial charge >= 0.3 is 11.9 Å². The number of benzene rings is 2. The van der Waals surface area contributed by atoms with Gasteiger partial charge in [-0.1, -0.05) is 66.7 Å². The van der Waals surface area contributed by atoms with Crippen molar-refractivity contribution in [3.8, 4) is 0 Å². The first-order valence-electron chi connectivity index (χ1n) is 9.34. The topological polar surface area (TPSA) is 75.6 Å². The van der Waals surface area contributed by atoms with E-state index in [-0.39, 0.29) is 12.2 Å². The first-order chi connectivity index (χ1) is 14.0. The minimum Gasteiger partial charge on any atom is -0.478 e. The van der Waals surface area contributed by atoms with Crippen LogP contribution in [0.3, 0.4) is 0 Å². The summed E-state index contributed by atoms with van der Waals surface area (Å²) in [6, 6.07) is 18.8. The molecule has 0 amide bonds. The summed E-state index contributed by atoms with van der Waals surface area (Å²) in [5, 5.41) is 12.8. The Morgan fingerprint density at radius 3 is 2.17 bits per heavy atom. The van der Waals surface area contributed by atoms with Crippen LogP contribution in [0, 0.1) is 0 Å². The second kappa shape index (κ2) is 9.06. The molecule has 29 heavy (non-hydrogen) atoms. The summed E-state index contributed by atoms with van der Waals surface area (Å²) in [6.45, 7) is 3.55. The molecule has 0 radical (unpaired) electrons. The lowest BCUT2D eigenvalue weighted by Crippen LogP contribution is -2.31. The number of allylic oxidation sites excluding steroid dienone is 2. The molecule has 5 nitrogen and oxygen atoms in total. The van der Waals surface area contributed by atoms with Gasteiger partial charge in [-0.2, -0.15) is 0 Å². The number of esters is 1. The summed E-state index contributed by atoms with van der Waals surface area (Å²) in [5.74, 6) is -2.29. The summed E-state index contributed by atoms with van der Waals surface area (Å²) in [4.78, 5) is 24.9. The molecule has 1 aliphatic rings. The fourth-order valence-corrected chi connectivity index (χ4v) is 3.48. The fourth-order valence-electron chi connectivity index (χ4n) is 3.48. The molecule has 2 aromatic carbocycles. The maximum atomic E-state index is 12.9. The Labute approximate surface area is 170 Å². The highest BCUT2D eigenvalue weighted by atomic mass is 16.5. The van der Waals surface area contributed by atoms with E-state index in [9.17, 15) is 14.7 Å². The van der Waals surface area contributed by atoms with Crippen molar-refractivity contribution in [3.63, 3.8) is 0 Å². The number of hydrogen-bond donors (Lipinski definition) is 2. The monoisotopic (exact) mass is 389 g/mol. The summed E-state index contributed by atoms with van der Waals surface area (Å²) in [7, 11) is 0. The number of carboxylic acid groups (broad SMARTS) is 1. The summed E-state index contributed by atoms with van der Waals surface area (Å²) >= 11 is 0. The molecule has 148 valence electrons. The Kier molecular flexibility index (Phi) is 6.29. The quantitative estimate of drug-likeness (QED) is 0.722. The first-order valence-corrected chi connectivity index (χ1v) is 9.34. The van der Waals surface area contributed by atoms with Crippen LogP contribution in [0.2, 0.25) is 0 Å². The van der Waals surface area contributed by atoms with Gasteiger partial charge in [0.1, 0.15) is 6.61 Å². The van der Waals surface area contributed by atoms with Crippen molar-refractivity contribution in [3.05, 3.63) is 100 Å². The van der Waals surface area contributed by atoms with E-state index in [1.165, 1.54) is 0 Å². The fraction of sp³-hybridized carbons (Fsp3) is 0.167. The van der Waals surface area contributed by atoms with Crippen molar-refractivity contribution in [1.82, 2.24) is 5.32 Å². The molecular formula is C24H23NO4. The largest absolute Gasteiger partial charge is 0.478 e. The van der Waals surface area contributed by atoms with E-state index in [0.717, 1.165) is 11.1 Å². The number of carbonyl (C=O) groups is 2. The van der Waals surface area contributed by atoms with Gasteiger partial charge in [0.25, 0.3) is 0 Å². The normalized spacial score (nSPS) is 16.7. The Morgan fingerprint density at radius 2 is 1.55 bits per heavy atom. The molecule has 0 bridgehead atoms. The molecule has 5 heteroatoms. The Hall–Kier alpha value is -3.60. The Bertz CT molecular complexity index is 988. The molecule has 0 fully saturated rings. The van der Waals surface area contributed by atoms with Crippen molar-refractivity contribution in [2.24, 2.45) is 0 Å². The van der Waals surface area contributed by atoms with Crippen LogP contribution in [0.25, 0.3) is 6.08 Å². The van der Waals surface area contributed by atoms with Gasteiger partial charge in [-0.25, -0.2) is 9.59 Å². The second-order valence-electron chi connectivity index (χ2n) is 6.76. The summed E-state index contributed by atoms with van der Waals surface area (Å²) < 4.78 is 5.45. The third-order valence-electron chi connectivity index (χ3n) is 4.76.